The molecule has 11 nitrogen and oxygen atoms in total. The van der Waals surface area contributed by atoms with E-state index in [0.717, 1.165) is 0 Å². The number of hydrogen-bond acceptors (Lipinski definition) is 8. The van der Waals surface area contributed by atoms with Crippen molar-refractivity contribution in [2.24, 2.45) is 11.7 Å². The van der Waals surface area contributed by atoms with Gasteiger partial charge in [-0.15, -0.1) is 0 Å². The van der Waals surface area contributed by atoms with E-state index in [1.807, 2.05) is 13.8 Å². The lowest BCUT2D eigenvalue weighted by Gasteiger charge is -2.24. The van der Waals surface area contributed by atoms with Gasteiger partial charge in [-0.2, -0.15) is 25.3 Å². The molecule has 0 aliphatic heterocycles. The molecule has 1 aromatic heterocycles. The maximum atomic E-state index is 12.7. The van der Waals surface area contributed by atoms with E-state index in [0.29, 0.717) is 12.1 Å². The van der Waals surface area contributed by atoms with Gasteiger partial charge < -0.3 is 31.8 Å². The summed E-state index contributed by atoms with van der Waals surface area (Å²) in [6.45, 7) is 3.84. The Kier molecular flexibility index (Phi) is 11.4. The molecule has 174 valence electrons. The number of rotatable bonds is 13. The highest BCUT2D eigenvalue weighted by molar-refractivity contribution is 7.80. The van der Waals surface area contributed by atoms with E-state index in [4.69, 9.17) is 10.8 Å². The summed E-state index contributed by atoms with van der Waals surface area (Å²) in [7, 11) is 0. The summed E-state index contributed by atoms with van der Waals surface area (Å²) >= 11 is 8.02. The third-order valence-electron chi connectivity index (χ3n) is 4.29. The number of aromatic nitrogens is 2. The molecule has 0 radical (unpaired) electrons. The first kappa shape index (κ1) is 26.8. The highest BCUT2D eigenvalue weighted by atomic mass is 32.1. The van der Waals surface area contributed by atoms with Crippen molar-refractivity contribution in [1.29, 1.82) is 0 Å². The fraction of sp³-hybridized carbons (Fsp3) is 0.611. The summed E-state index contributed by atoms with van der Waals surface area (Å²) in [5.74, 6) is -3.09. The van der Waals surface area contributed by atoms with Gasteiger partial charge in [0.05, 0.1) is 12.4 Å². The Bertz CT molecular complexity index is 746. The first-order chi connectivity index (χ1) is 14.6. The van der Waals surface area contributed by atoms with E-state index in [2.05, 4.69) is 51.2 Å². The number of aromatic amines is 1. The van der Waals surface area contributed by atoms with Gasteiger partial charge in [-0.05, 0) is 12.3 Å². The molecule has 4 unspecified atom stereocenters. The van der Waals surface area contributed by atoms with Crippen LogP contribution in [0.3, 0.4) is 0 Å². The molecule has 0 bridgehead atoms. The minimum atomic E-state index is -1.25. The Morgan fingerprint density at radius 2 is 1.58 bits per heavy atom. The zero-order valence-electron chi connectivity index (χ0n) is 17.4. The van der Waals surface area contributed by atoms with Gasteiger partial charge in [0.2, 0.25) is 17.7 Å². The van der Waals surface area contributed by atoms with Crippen LogP contribution in [0.1, 0.15) is 26.0 Å². The van der Waals surface area contributed by atoms with E-state index in [-0.39, 0.29) is 23.8 Å². The molecule has 0 spiro atoms. The number of carbonyl (C=O) groups is 4. The zero-order chi connectivity index (χ0) is 23.6. The maximum Gasteiger partial charge on any atom is 0.327 e. The van der Waals surface area contributed by atoms with E-state index in [9.17, 15) is 19.2 Å². The van der Waals surface area contributed by atoms with Crippen molar-refractivity contribution in [2.75, 3.05) is 11.5 Å². The third kappa shape index (κ3) is 9.19. The zero-order valence-corrected chi connectivity index (χ0v) is 19.2. The van der Waals surface area contributed by atoms with Crippen LogP contribution >= 0.6 is 25.3 Å². The maximum absolute atomic E-state index is 12.7. The lowest BCUT2D eigenvalue weighted by Crippen LogP contribution is -2.58. The van der Waals surface area contributed by atoms with Crippen LogP contribution in [0.15, 0.2) is 12.5 Å². The first-order valence-electron chi connectivity index (χ1n) is 9.67. The largest absolute Gasteiger partial charge is 0.480 e. The van der Waals surface area contributed by atoms with Gasteiger partial charge in [0.25, 0.3) is 0 Å². The predicted molar refractivity (Wildman–Crippen MR) is 121 cm³/mol. The van der Waals surface area contributed by atoms with Gasteiger partial charge in [0.1, 0.15) is 18.1 Å². The van der Waals surface area contributed by atoms with Crippen molar-refractivity contribution in [3.05, 3.63) is 18.2 Å². The molecule has 4 atom stereocenters. The van der Waals surface area contributed by atoms with Crippen molar-refractivity contribution >= 4 is 48.9 Å². The number of nitrogens with zero attached hydrogens (tertiary/aromatic N) is 1. The van der Waals surface area contributed by atoms with Crippen LogP contribution in [0.2, 0.25) is 0 Å². The normalized spacial score (nSPS) is 14.9. The van der Waals surface area contributed by atoms with Crippen LogP contribution in [0.25, 0.3) is 0 Å². The number of nitrogens with one attached hydrogen (secondary N) is 4. The van der Waals surface area contributed by atoms with Crippen molar-refractivity contribution < 1.29 is 24.3 Å². The quantitative estimate of drug-likeness (QED) is 0.164. The smallest absolute Gasteiger partial charge is 0.327 e. The standard InChI is InChI=1S/C18H30N6O5S2/c1-9(2)3-11(19)15(25)23-13(6-30)17(27)22-12(4-10-5-20-8-21-10)16(26)24-14(7-31)18(28)29/h5,8-9,11-14,30-31H,3-4,6-7,19H2,1-2H3,(H,20,21)(H,22,27)(H,23,25)(H,24,26)(H,28,29). The van der Waals surface area contributed by atoms with E-state index < -0.39 is 47.9 Å². The minimum absolute atomic E-state index is 0.0244. The molecule has 13 heteroatoms. The number of carboxylic acids is 1. The topological polar surface area (TPSA) is 179 Å². The summed E-state index contributed by atoms with van der Waals surface area (Å²) in [4.78, 5) is 55.6. The van der Waals surface area contributed by atoms with Crippen LogP contribution in [-0.4, -0.2) is 74.4 Å². The Morgan fingerprint density at radius 1 is 1.03 bits per heavy atom. The number of imidazole rings is 1. The molecule has 1 aromatic rings. The second-order valence-corrected chi connectivity index (χ2v) is 8.13. The highest BCUT2D eigenvalue weighted by Crippen LogP contribution is 2.05. The van der Waals surface area contributed by atoms with Gasteiger partial charge in [-0.1, -0.05) is 13.8 Å². The fourth-order valence-electron chi connectivity index (χ4n) is 2.64. The van der Waals surface area contributed by atoms with Crippen LogP contribution in [0.5, 0.6) is 0 Å². The number of aliphatic carboxylic acids is 1. The van der Waals surface area contributed by atoms with Crippen LogP contribution in [-0.2, 0) is 25.6 Å². The number of amides is 3. The van der Waals surface area contributed by atoms with Crippen molar-refractivity contribution in [2.45, 2.75) is 50.9 Å². The number of carbonyl (C=O) groups excluding carboxylic acids is 3. The van der Waals surface area contributed by atoms with E-state index >= 15 is 0 Å². The molecule has 0 aliphatic carbocycles. The van der Waals surface area contributed by atoms with E-state index in [1.54, 1.807) is 0 Å². The lowest BCUT2D eigenvalue weighted by molar-refractivity contribution is -0.141. The number of nitrogens with two attached hydrogens (primary N) is 1. The number of hydrogen-bond donors (Lipinski definition) is 8. The first-order valence-corrected chi connectivity index (χ1v) is 10.9. The van der Waals surface area contributed by atoms with Gasteiger partial charge >= 0.3 is 5.97 Å². The molecule has 0 aliphatic rings. The number of H-pyrrole nitrogens is 1. The summed E-state index contributed by atoms with van der Waals surface area (Å²) in [5.41, 5.74) is 6.40. The molecular weight excluding hydrogens is 444 g/mol. The van der Waals surface area contributed by atoms with Gasteiger partial charge in [0.15, 0.2) is 0 Å². The van der Waals surface area contributed by atoms with Gasteiger partial charge in [-0.25, -0.2) is 9.78 Å². The Hall–Kier alpha value is -2.25. The average Bonchev–Trinajstić information content (AvgIpc) is 3.21. The monoisotopic (exact) mass is 474 g/mol. The van der Waals surface area contributed by atoms with Crippen LogP contribution in [0.4, 0.5) is 0 Å². The molecule has 1 rings (SSSR count). The molecule has 0 aromatic carbocycles. The van der Waals surface area contributed by atoms with Gasteiger partial charge in [0, 0.05) is 29.8 Å². The summed E-state index contributed by atoms with van der Waals surface area (Å²) in [6.07, 6.45) is 3.35. The minimum Gasteiger partial charge on any atom is -0.480 e. The molecule has 7 N–H and O–H groups in total. The highest BCUT2D eigenvalue weighted by Gasteiger charge is 2.30. The molecular formula is C18H30N6O5S2. The van der Waals surface area contributed by atoms with E-state index in [1.165, 1.54) is 12.5 Å². The summed E-state index contributed by atoms with van der Waals surface area (Å²) in [5, 5.41) is 16.5. The predicted octanol–water partition coefficient (Wildman–Crippen LogP) is -1.28. The second-order valence-electron chi connectivity index (χ2n) is 7.40. The molecule has 1 heterocycles. The fourth-order valence-corrected chi connectivity index (χ4v) is 3.15. The molecule has 0 fully saturated rings. The number of carboxylic acid groups (broad SMARTS) is 1. The van der Waals surface area contributed by atoms with Crippen LogP contribution in [0, 0.1) is 5.92 Å². The molecule has 3 amide bonds. The Balaban J connectivity index is 2.89. The summed E-state index contributed by atoms with van der Waals surface area (Å²) < 4.78 is 0. The lowest BCUT2D eigenvalue weighted by atomic mass is 10.0. The van der Waals surface area contributed by atoms with Crippen molar-refractivity contribution in [3.8, 4) is 0 Å². The molecule has 0 saturated carbocycles. The SMILES string of the molecule is CC(C)CC(N)C(=O)NC(CS)C(=O)NC(Cc1cnc[nH]1)C(=O)NC(CS)C(=O)O. The average molecular weight is 475 g/mol. The summed E-state index contributed by atoms with van der Waals surface area (Å²) in [6, 6.07) is -4.18. The van der Waals surface area contributed by atoms with Crippen molar-refractivity contribution in [3.63, 3.8) is 0 Å². The number of thiol groups is 2. The second kappa shape index (κ2) is 13.2. The van der Waals surface area contributed by atoms with Crippen LogP contribution < -0.4 is 21.7 Å². The molecule has 31 heavy (non-hydrogen) atoms. The Morgan fingerprint density at radius 3 is 2.06 bits per heavy atom. The third-order valence-corrected chi connectivity index (χ3v) is 5.02. The van der Waals surface area contributed by atoms with Crippen molar-refractivity contribution in [1.82, 2.24) is 25.9 Å². The molecule has 0 saturated heterocycles. The van der Waals surface area contributed by atoms with Gasteiger partial charge in [-0.3, -0.25) is 14.4 Å². The Labute approximate surface area is 191 Å².